The second kappa shape index (κ2) is 10.5. The van der Waals surface area contributed by atoms with E-state index < -0.39 is 0 Å². The second-order valence-electron chi connectivity index (χ2n) is 5.57. The molecule has 1 aliphatic heterocycles. The number of carbonyl (C=O) groups is 1. The van der Waals surface area contributed by atoms with Gasteiger partial charge in [0.05, 0.1) is 0 Å². The van der Waals surface area contributed by atoms with Gasteiger partial charge in [0.2, 0.25) is 0 Å². The number of rotatable bonds is 6. The standard InChI is InChI=1S/C16H21ClN2O.C2H6.W/c1-3-19-9-8-15(11-19)18-10-16(12(2)20)13-4-6-14(17)7-5-13;1-2;/h4-7,15-16,18H,8-11H2,1-2H3;1-2H3;. The molecule has 128 valence electrons. The Morgan fingerprint density at radius 3 is 2.43 bits per heavy atom. The van der Waals surface area contributed by atoms with E-state index in [1.54, 1.807) is 6.92 Å². The zero-order chi connectivity index (χ0) is 17.4. The third kappa shape index (κ3) is 6.58. The summed E-state index contributed by atoms with van der Waals surface area (Å²) in [5.74, 6) is 0.107. The average molecular weight is 507 g/mol. The summed E-state index contributed by atoms with van der Waals surface area (Å²) in [6.45, 7) is 10.7. The van der Waals surface area contributed by atoms with E-state index in [1.807, 2.05) is 38.1 Å². The molecule has 1 heterocycles. The molecule has 1 aliphatic rings. The Bertz CT molecular complexity index is 518. The summed E-state index contributed by atoms with van der Waals surface area (Å²) in [7, 11) is 0. The first-order chi connectivity index (χ1) is 11.0. The molecule has 1 N–H and O–H groups in total. The van der Waals surface area contributed by atoms with Gasteiger partial charge < -0.3 is 0 Å². The number of Topliss-reactive ketones (excluding diaryl/α,β-unsaturated/α-hetero) is 1. The zero-order valence-electron chi connectivity index (χ0n) is 14.4. The molecule has 0 bridgehead atoms. The van der Waals surface area contributed by atoms with Crippen molar-refractivity contribution in [2.45, 2.75) is 46.1 Å². The minimum atomic E-state index is -0.0892. The van der Waals surface area contributed by atoms with Crippen LogP contribution in [-0.4, -0.2) is 40.4 Å². The molecule has 0 aromatic heterocycles. The molecule has 2 unspecified atom stereocenters. The van der Waals surface area contributed by atoms with Crippen molar-refractivity contribution in [2.75, 3.05) is 19.6 Å². The van der Waals surface area contributed by atoms with Crippen LogP contribution in [0.25, 0.3) is 0 Å². The molecule has 1 aromatic rings. The normalized spacial score (nSPS) is 18.9. The van der Waals surface area contributed by atoms with E-state index >= 15 is 0 Å². The number of carbonyl (C=O) groups excluding carboxylic acids is 1. The molecule has 2 atom stereocenters. The predicted octanol–water partition coefficient (Wildman–Crippen LogP) is 3.40. The zero-order valence-corrected chi connectivity index (χ0v) is 18.1. The fourth-order valence-electron chi connectivity index (χ4n) is 2.69. The first kappa shape index (κ1) is 20.7. The molecule has 0 saturated carbocycles. The Labute approximate surface area is 156 Å². The number of likely N-dealkylation sites (tertiary alicyclic amines) is 1. The molecule has 5 heteroatoms. The first-order valence-corrected chi connectivity index (χ1v) is 10.1. The number of nitrogens with zero attached hydrogens (tertiary/aromatic N) is 1. The molecule has 1 fully saturated rings. The van der Waals surface area contributed by atoms with E-state index in [0.29, 0.717) is 17.6 Å². The van der Waals surface area contributed by atoms with Crippen molar-refractivity contribution in [3.8, 4) is 0 Å². The van der Waals surface area contributed by atoms with E-state index in [9.17, 15) is 4.79 Å². The summed E-state index contributed by atoms with van der Waals surface area (Å²) in [5, 5.41) is 4.27. The number of hydrogen-bond donors (Lipinski definition) is 1. The Morgan fingerprint density at radius 2 is 1.96 bits per heavy atom. The molecule has 2 rings (SSSR count). The van der Waals surface area contributed by atoms with Crippen molar-refractivity contribution in [1.29, 1.82) is 0 Å². The van der Waals surface area contributed by atoms with Crippen LogP contribution in [-0.2, 0) is 24.1 Å². The van der Waals surface area contributed by atoms with Gasteiger partial charge in [-0.25, -0.2) is 0 Å². The molecule has 0 amide bonds. The average Bonchev–Trinajstić information content (AvgIpc) is 3.00. The van der Waals surface area contributed by atoms with Crippen molar-refractivity contribution >= 4 is 21.4 Å². The third-order valence-corrected chi connectivity index (χ3v) is 5.19. The number of benzene rings is 1. The maximum absolute atomic E-state index is 11.9. The van der Waals surface area contributed by atoms with Crippen LogP contribution in [0.1, 0.15) is 45.6 Å². The van der Waals surface area contributed by atoms with Crippen LogP contribution >= 0.6 is 11.6 Å². The van der Waals surface area contributed by atoms with Gasteiger partial charge in [0.1, 0.15) is 0 Å². The van der Waals surface area contributed by atoms with E-state index in [4.69, 9.17) is 11.6 Å². The van der Waals surface area contributed by atoms with Crippen LogP contribution in [0, 0.1) is 0 Å². The quantitative estimate of drug-likeness (QED) is 0.642. The van der Waals surface area contributed by atoms with Crippen molar-refractivity contribution in [3.05, 3.63) is 34.9 Å². The SMILES string of the molecule is CC.CC(=O)C(CNC1CCN([C](C)=[W])C1)c1ccc(Cl)cc1. The van der Waals surface area contributed by atoms with Crippen molar-refractivity contribution in [2.24, 2.45) is 0 Å². The Hall–Kier alpha value is -0.342. The molecular weight excluding hydrogens is 480 g/mol. The van der Waals surface area contributed by atoms with Gasteiger partial charge in [0.15, 0.2) is 0 Å². The number of nitrogens with one attached hydrogen (secondary N) is 1. The van der Waals surface area contributed by atoms with Crippen LogP contribution in [0.4, 0.5) is 0 Å². The molecule has 0 spiro atoms. The molecule has 0 aliphatic carbocycles. The fraction of sp³-hybridized carbons (Fsp3) is 0.556. The van der Waals surface area contributed by atoms with Gasteiger partial charge in [0.25, 0.3) is 0 Å². The molecule has 23 heavy (non-hydrogen) atoms. The predicted molar refractivity (Wildman–Crippen MR) is 94.9 cm³/mol. The van der Waals surface area contributed by atoms with Gasteiger partial charge in [-0.1, -0.05) is 13.8 Å². The van der Waals surface area contributed by atoms with Crippen LogP contribution in [0.3, 0.4) is 0 Å². The van der Waals surface area contributed by atoms with Gasteiger partial charge in [-0.15, -0.1) is 0 Å². The Kier molecular flexibility index (Phi) is 9.46. The topological polar surface area (TPSA) is 32.3 Å². The van der Waals surface area contributed by atoms with Crippen LogP contribution in [0.15, 0.2) is 24.3 Å². The van der Waals surface area contributed by atoms with E-state index in [-0.39, 0.29) is 11.7 Å². The van der Waals surface area contributed by atoms with Crippen LogP contribution in [0.2, 0.25) is 5.02 Å². The Morgan fingerprint density at radius 1 is 1.35 bits per heavy atom. The molecular formula is C18H27ClN2OW. The summed E-state index contributed by atoms with van der Waals surface area (Å²) >= 11 is 7.45. The van der Waals surface area contributed by atoms with Crippen LogP contribution < -0.4 is 5.32 Å². The first-order valence-electron chi connectivity index (χ1n) is 8.22. The van der Waals surface area contributed by atoms with E-state index in [0.717, 1.165) is 25.1 Å². The third-order valence-electron chi connectivity index (χ3n) is 4.01. The summed E-state index contributed by atoms with van der Waals surface area (Å²) in [4.78, 5) is 14.4. The van der Waals surface area contributed by atoms with Crippen LogP contribution in [0.5, 0.6) is 0 Å². The van der Waals surface area contributed by atoms with Gasteiger partial charge in [0, 0.05) is 0 Å². The van der Waals surface area contributed by atoms with Crippen molar-refractivity contribution in [1.82, 2.24) is 10.2 Å². The summed E-state index contributed by atoms with van der Waals surface area (Å²) in [6.07, 6.45) is 1.15. The summed E-state index contributed by atoms with van der Waals surface area (Å²) in [5.41, 5.74) is 1.04. The van der Waals surface area contributed by atoms with E-state index in [1.165, 1.54) is 23.4 Å². The molecule has 1 saturated heterocycles. The Balaban J connectivity index is 0.00000127. The fourth-order valence-corrected chi connectivity index (χ4v) is 3.41. The van der Waals surface area contributed by atoms with Gasteiger partial charge in [-0.2, -0.15) is 0 Å². The monoisotopic (exact) mass is 506 g/mol. The van der Waals surface area contributed by atoms with Gasteiger partial charge >= 0.3 is 142 Å². The van der Waals surface area contributed by atoms with E-state index in [2.05, 4.69) is 17.1 Å². The van der Waals surface area contributed by atoms with Gasteiger partial charge in [-0.3, -0.25) is 0 Å². The van der Waals surface area contributed by atoms with Crippen molar-refractivity contribution in [3.63, 3.8) is 0 Å². The minimum absolute atomic E-state index is 0.0892. The molecule has 3 nitrogen and oxygen atoms in total. The molecule has 0 radical (unpaired) electrons. The summed E-state index contributed by atoms with van der Waals surface area (Å²) in [6, 6.07) is 8.08. The van der Waals surface area contributed by atoms with Crippen molar-refractivity contribution < 1.29 is 24.1 Å². The summed E-state index contributed by atoms with van der Waals surface area (Å²) < 4.78 is 1.44. The number of hydrogen-bond acceptors (Lipinski definition) is 3. The molecule has 1 aromatic carbocycles. The second-order valence-corrected chi connectivity index (χ2v) is 8.13. The number of halogens is 1. The number of ketones is 1. The van der Waals surface area contributed by atoms with Gasteiger partial charge in [-0.05, 0) is 0 Å². The maximum atomic E-state index is 11.9.